The molecule has 104 valence electrons. The van der Waals surface area contributed by atoms with E-state index in [2.05, 4.69) is 10.4 Å². The molecular weight excluding hydrogens is 251 g/mol. The van der Waals surface area contributed by atoms with Gasteiger partial charge in [-0.1, -0.05) is 0 Å². The summed E-state index contributed by atoms with van der Waals surface area (Å²) in [5.41, 5.74) is 2.10. The number of nitrogen functional groups attached to an aromatic ring is 1. The number of nitrogens with zero attached hydrogens (tertiary/aromatic N) is 2. The van der Waals surface area contributed by atoms with Crippen molar-refractivity contribution < 1.29 is 13.9 Å². The highest BCUT2D eigenvalue weighted by Crippen LogP contribution is 2.17. The summed E-state index contributed by atoms with van der Waals surface area (Å²) < 4.78 is 19.5. The van der Waals surface area contributed by atoms with E-state index in [0.29, 0.717) is 19.7 Å². The van der Waals surface area contributed by atoms with Gasteiger partial charge in [0, 0.05) is 25.9 Å². The lowest BCUT2D eigenvalue weighted by Crippen LogP contribution is -2.36. The molecule has 0 aromatic carbocycles. The molecule has 1 atom stereocenters. The number of anilines is 1. The molecular formula is C12H17FN4O2. The first-order valence-corrected chi connectivity index (χ1v) is 6.15. The second-order valence-electron chi connectivity index (χ2n) is 4.45. The zero-order valence-electron chi connectivity index (χ0n) is 10.7. The average molecular weight is 268 g/mol. The van der Waals surface area contributed by atoms with Gasteiger partial charge in [0.1, 0.15) is 0 Å². The Morgan fingerprint density at radius 2 is 2.47 bits per heavy atom. The van der Waals surface area contributed by atoms with E-state index in [4.69, 9.17) is 10.6 Å². The number of hydrogen-bond acceptors (Lipinski definition) is 5. The Morgan fingerprint density at radius 1 is 1.68 bits per heavy atom. The van der Waals surface area contributed by atoms with Crippen molar-refractivity contribution >= 4 is 11.7 Å². The number of aromatic nitrogens is 1. The molecule has 3 N–H and O–H groups in total. The fraction of sp³-hybridized carbons (Fsp3) is 0.500. The van der Waals surface area contributed by atoms with Crippen LogP contribution in [-0.4, -0.2) is 41.6 Å². The predicted molar refractivity (Wildman–Crippen MR) is 67.9 cm³/mol. The van der Waals surface area contributed by atoms with Gasteiger partial charge in [0.05, 0.1) is 11.7 Å². The van der Waals surface area contributed by atoms with Gasteiger partial charge in [-0.25, -0.2) is 15.2 Å². The first-order chi connectivity index (χ1) is 9.13. The molecule has 1 saturated heterocycles. The van der Waals surface area contributed by atoms with E-state index in [9.17, 15) is 9.18 Å². The second kappa shape index (κ2) is 5.94. The minimum Gasteiger partial charge on any atom is -0.377 e. The quantitative estimate of drug-likeness (QED) is 0.611. The third-order valence-corrected chi connectivity index (χ3v) is 3.00. The molecule has 2 rings (SSSR count). The average Bonchev–Trinajstić information content (AvgIpc) is 2.63. The lowest BCUT2D eigenvalue weighted by atomic mass is 10.2. The van der Waals surface area contributed by atoms with Crippen molar-refractivity contribution in [2.24, 2.45) is 5.84 Å². The molecule has 7 heteroatoms. The van der Waals surface area contributed by atoms with E-state index in [1.807, 2.05) is 6.92 Å². The van der Waals surface area contributed by atoms with Crippen LogP contribution >= 0.6 is 0 Å². The Hall–Kier alpha value is -1.73. The first kappa shape index (κ1) is 13.7. The van der Waals surface area contributed by atoms with Gasteiger partial charge >= 0.3 is 0 Å². The molecule has 1 aliphatic rings. The van der Waals surface area contributed by atoms with Crippen LogP contribution in [0.2, 0.25) is 0 Å². The van der Waals surface area contributed by atoms with Gasteiger partial charge in [0.2, 0.25) is 0 Å². The molecule has 6 nitrogen and oxygen atoms in total. The smallest absolute Gasteiger partial charge is 0.257 e. The monoisotopic (exact) mass is 268 g/mol. The number of nitrogens with one attached hydrogen (secondary N) is 1. The summed E-state index contributed by atoms with van der Waals surface area (Å²) >= 11 is 0. The van der Waals surface area contributed by atoms with E-state index in [1.165, 1.54) is 12.3 Å². The van der Waals surface area contributed by atoms with Crippen molar-refractivity contribution in [1.82, 2.24) is 9.88 Å². The van der Waals surface area contributed by atoms with Gasteiger partial charge in [-0.05, 0) is 19.4 Å². The Labute approximate surface area is 110 Å². The van der Waals surface area contributed by atoms with Crippen LogP contribution in [0.15, 0.2) is 12.3 Å². The minimum absolute atomic E-state index is 0.0305. The van der Waals surface area contributed by atoms with Gasteiger partial charge in [-0.15, -0.1) is 0 Å². The lowest BCUT2D eigenvalue weighted by molar-refractivity contribution is 0.0560. The fourth-order valence-electron chi connectivity index (χ4n) is 2.06. The minimum atomic E-state index is -0.729. The number of carbonyl (C=O) groups excluding carboxylic acids is 1. The van der Waals surface area contributed by atoms with Crippen LogP contribution in [0.1, 0.15) is 23.7 Å². The van der Waals surface area contributed by atoms with Gasteiger partial charge < -0.3 is 15.1 Å². The highest BCUT2D eigenvalue weighted by Gasteiger charge is 2.24. The number of nitrogens with two attached hydrogens (primary N) is 1. The van der Waals surface area contributed by atoms with Crippen molar-refractivity contribution in [3.63, 3.8) is 0 Å². The second-order valence-corrected chi connectivity index (χ2v) is 4.45. The molecule has 1 amide bonds. The maximum Gasteiger partial charge on any atom is 0.257 e. The number of rotatable bonds is 2. The molecule has 0 saturated carbocycles. The number of amides is 1. The fourth-order valence-corrected chi connectivity index (χ4v) is 2.06. The summed E-state index contributed by atoms with van der Waals surface area (Å²) in [4.78, 5) is 17.6. The zero-order chi connectivity index (χ0) is 13.8. The van der Waals surface area contributed by atoms with Gasteiger partial charge in [0.15, 0.2) is 11.6 Å². The van der Waals surface area contributed by atoms with Crippen molar-refractivity contribution in [3.8, 4) is 0 Å². The summed E-state index contributed by atoms with van der Waals surface area (Å²) in [6.07, 6.45) is 2.04. The molecule has 0 spiro atoms. The van der Waals surface area contributed by atoms with E-state index in [0.717, 1.165) is 6.42 Å². The molecule has 2 heterocycles. The molecule has 0 aliphatic carbocycles. The Balaban J connectivity index is 2.23. The maximum absolute atomic E-state index is 14.0. The van der Waals surface area contributed by atoms with Crippen LogP contribution < -0.4 is 11.3 Å². The maximum atomic E-state index is 14.0. The molecule has 1 aliphatic heterocycles. The number of hydrazine groups is 1. The van der Waals surface area contributed by atoms with Gasteiger partial charge in [0.25, 0.3) is 5.91 Å². The summed E-state index contributed by atoms with van der Waals surface area (Å²) in [5, 5.41) is 0. The van der Waals surface area contributed by atoms with Crippen LogP contribution in [0.3, 0.4) is 0 Å². The van der Waals surface area contributed by atoms with Crippen molar-refractivity contribution in [3.05, 3.63) is 23.6 Å². The Bertz CT molecular complexity index is 469. The van der Waals surface area contributed by atoms with E-state index in [-0.39, 0.29) is 23.4 Å². The highest BCUT2D eigenvalue weighted by atomic mass is 19.1. The van der Waals surface area contributed by atoms with Gasteiger partial charge in [-0.2, -0.15) is 0 Å². The van der Waals surface area contributed by atoms with Crippen LogP contribution in [0, 0.1) is 5.82 Å². The molecule has 19 heavy (non-hydrogen) atoms. The topological polar surface area (TPSA) is 80.5 Å². The zero-order valence-corrected chi connectivity index (χ0v) is 10.7. The van der Waals surface area contributed by atoms with E-state index in [1.54, 1.807) is 4.90 Å². The first-order valence-electron chi connectivity index (χ1n) is 6.15. The molecule has 1 unspecified atom stereocenters. The summed E-state index contributed by atoms with van der Waals surface area (Å²) in [6.45, 7) is 3.50. The van der Waals surface area contributed by atoms with Crippen molar-refractivity contribution in [2.75, 3.05) is 25.1 Å². The third-order valence-electron chi connectivity index (χ3n) is 3.00. The number of ether oxygens (including phenoxy) is 1. The number of carbonyl (C=O) groups is 1. The predicted octanol–water partition coefficient (Wildman–Crippen LogP) is 0.757. The van der Waals surface area contributed by atoms with E-state index >= 15 is 0 Å². The third kappa shape index (κ3) is 2.99. The summed E-state index contributed by atoms with van der Waals surface area (Å²) in [5.74, 6) is 3.92. The molecule has 1 aromatic heterocycles. The Kier molecular flexibility index (Phi) is 4.28. The van der Waals surface area contributed by atoms with Gasteiger partial charge in [-0.3, -0.25) is 4.79 Å². The van der Waals surface area contributed by atoms with Crippen molar-refractivity contribution in [2.45, 2.75) is 19.4 Å². The number of pyridine rings is 1. The summed E-state index contributed by atoms with van der Waals surface area (Å²) in [6, 6.07) is 1.36. The number of halogens is 1. The molecule has 0 bridgehead atoms. The summed E-state index contributed by atoms with van der Waals surface area (Å²) in [7, 11) is 0. The lowest BCUT2D eigenvalue weighted by Gasteiger charge is -2.22. The van der Waals surface area contributed by atoms with Crippen molar-refractivity contribution in [1.29, 1.82) is 0 Å². The van der Waals surface area contributed by atoms with Crippen LogP contribution in [0.25, 0.3) is 0 Å². The largest absolute Gasteiger partial charge is 0.377 e. The highest BCUT2D eigenvalue weighted by molar-refractivity contribution is 5.95. The molecule has 1 fully saturated rings. The van der Waals surface area contributed by atoms with Crippen LogP contribution in [-0.2, 0) is 4.74 Å². The van der Waals surface area contributed by atoms with Crippen LogP contribution in [0.4, 0.5) is 10.2 Å². The number of hydrogen-bond donors (Lipinski definition) is 2. The normalized spacial score (nSPS) is 19.9. The Morgan fingerprint density at radius 3 is 3.21 bits per heavy atom. The van der Waals surface area contributed by atoms with E-state index < -0.39 is 5.82 Å². The van der Waals surface area contributed by atoms with Crippen LogP contribution in [0.5, 0.6) is 0 Å². The SMILES string of the molecule is CC1CN(C(=O)c2ccnc(NN)c2F)CCCO1. The molecule has 1 aromatic rings. The molecule has 0 radical (unpaired) electrons. The standard InChI is InChI=1S/C12H17FN4O2/c1-8-7-17(5-2-6-19-8)12(18)9-3-4-15-11(16-14)10(9)13/h3-4,8H,2,5-7,14H2,1H3,(H,15,16).